The fourth-order valence-electron chi connectivity index (χ4n) is 2.86. The minimum atomic E-state index is -4.82. The molecular formula is C20H12ClF4N5O2S. The first-order valence-corrected chi connectivity index (χ1v) is 10.2. The van der Waals surface area contributed by atoms with Crippen LogP contribution < -0.4 is 21.1 Å². The summed E-state index contributed by atoms with van der Waals surface area (Å²) in [7, 11) is 0. The lowest BCUT2D eigenvalue weighted by molar-refractivity contribution is -0.274. The number of amides is 1. The van der Waals surface area contributed by atoms with Crippen LogP contribution in [-0.4, -0.2) is 22.2 Å². The molecule has 0 unspecified atom stereocenters. The van der Waals surface area contributed by atoms with E-state index in [4.69, 9.17) is 17.3 Å². The van der Waals surface area contributed by atoms with Crippen LogP contribution in [-0.2, 0) is 0 Å². The SMILES string of the molecule is Nc1c(C(=O)Nc2ccc(OC(F)(F)F)cc2)sc2ncnc(Nc3ccc(F)c(Cl)c3)c12. The van der Waals surface area contributed by atoms with Gasteiger partial charge in [0.25, 0.3) is 5.91 Å². The number of nitrogen functional groups attached to an aromatic ring is 1. The maximum absolute atomic E-state index is 13.4. The molecule has 13 heteroatoms. The number of carbonyl (C=O) groups excluding carboxylic acids is 1. The highest BCUT2D eigenvalue weighted by Gasteiger charge is 2.31. The van der Waals surface area contributed by atoms with Crippen molar-refractivity contribution in [3.8, 4) is 5.75 Å². The van der Waals surface area contributed by atoms with Crippen molar-refractivity contribution in [1.29, 1.82) is 0 Å². The number of hydrogen-bond acceptors (Lipinski definition) is 7. The third kappa shape index (κ3) is 5.07. The summed E-state index contributed by atoms with van der Waals surface area (Å²) in [5, 5.41) is 5.82. The summed E-state index contributed by atoms with van der Waals surface area (Å²) < 4.78 is 54.1. The van der Waals surface area contributed by atoms with Crippen LogP contribution in [0.5, 0.6) is 5.75 Å². The van der Waals surface area contributed by atoms with Crippen molar-refractivity contribution in [1.82, 2.24) is 9.97 Å². The molecule has 170 valence electrons. The maximum atomic E-state index is 13.4. The van der Waals surface area contributed by atoms with Gasteiger partial charge in [-0.05, 0) is 42.5 Å². The Morgan fingerprint density at radius 1 is 1.09 bits per heavy atom. The van der Waals surface area contributed by atoms with Gasteiger partial charge < -0.3 is 21.1 Å². The first-order chi connectivity index (χ1) is 15.6. The second-order valence-electron chi connectivity index (χ2n) is 6.53. The number of alkyl halides is 3. The largest absolute Gasteiger partial charge is 0.573 e. The van der Waals surface area contributed by atoms with Crippen molar-refractivity contribution in [2.45, 2.75) is 6.36 Å². The zero-order chi connectivity index (χ0) is 23.8. The van der Waals surface area contributed by atoms with Crippen LogP contribution in [0.4, 0.5) is 40.4 Å². The molecule has 4 rings (SSSR count). The summed E-state index contributed by atoms with van der Waals surface area (Å²) in [6, 6.07) is 8.66. The van der Waals surface area contributed by atoms with Crippen LogP contribution in [0.15, 0.2) is 48.8 Å². The van der Waals surface area contributed by atoms with Gasteiger partial charge in [0.05, 0.1) is 16.1 Å². The van der Waals surface area contributed by atoms with Crippen LogP contribution in [0.2, 0.25) is 5.02 Å². The van der Waals surface area contributed by atoms with Gasteiger partial charge >= 0.3 is 6.36 Å². The van der Waals surface area contributed by atoms with E-state index in [-0.39, 0.29) is 27.1 Å². The number of thiophene rings is 1. The molecule has 1 amide bonds. The lowest BCUT2D eigenvalue weighted by atomic mass is 10.2. The monoisotopic (exact) mass is 497 g/mol. The quantitative estimate of drug-likeness (QED) is 0.294. The van der Waals surface area contributed by atoms with Gasteiger partial charge in [0.2, 0.25) is 0 Å². The number of rotatable bonds is 5. The molecule has 0 atom stereocenters. The van der Waals surface area contributed by atoms with Crippen molar-refractivity contribution in [2.75, 3.05) is 16.4 Å². The number of nitrogens with two attached hydrogens (primary N) is 1. The Kier molecular flexibility index (Phi) is 5.95. The van der Waals surface area contributed by atoms with E-state index >= 15 is 0 Å². The zero-order valence-corrected chi connectivity index (χ0v) is 17.8. The second kappa shape index (κ2) is 8.71. The number of halogens is 5. The molecule has 2 aromatic carbocycles. The molecule has 4 aromatic rings. The van der Waals surface area contributed by atoms with Crippen LogP contribution in [0, 0.1) is 5.82 Å². The van der Waals surface area contributed by atoms with E-state index < -0.39 is 23.8 Å². The van der Waals surface area contributed by atoms with E-state index in [0.717, 1.165) is 23.5 Å². The minimum Gasteiger partial charge on any atom is -0.406 e. The number of carbonyl (C=O) groups is 1. The summed E-state index contributed by atoms with van der Waals surface area (Å²) in [5.41, 5.74) is 6.97. The molecular weight excluding hydrogens is 486 g/mol. The van der Waals surface area contributed by atoms with Gasteiger partial charge in [-0.2, -0.15) is 0 Å². The summed E-state index contributed by atoms with van der Waals surface area (Å²) in [6.45, 7) is 0. The highest BCUT2D eigenvalue weighted by atomic mass is 35.5. The van der Waals surface area contributed by atoms with Crippen molar-refractivity contribution in [3.05, 3.63) is 64.5 Å². The highest BCUT2D eigenvalue weighted by Crippen LogP contribution is 2.37. The lowest BCUT2D eigenvalue weighted by Gasteiger charge is -2.10. The standard InChI is InChI=1S/C20H12ClF4N5O2S/c21-12-7-10(3-6-13(12)22)29-17-14-15(26)16(33-19(14)28-8-27-17)18(31)30-9-1-4-11(5-2-9)32-20(23,24)25/h1-8H,26H2,(H,30,31)(H,27,28,29). The first kappa shape index (κ1) is 22.6. The normalized spacial score (nSPS) is 11.4. The third-order valence-corrected chi connectivity index (χ3v) is 5.66. The predicted molar refractivity (Wildman–Crippen MR) is 118 cm³/mol. The lowest BCUT2D eigenvalue weighted by Crippen LogP contribution is -2.17. The fourth-order valence-corrected chi connectivity index (χ4v) is 3.99. The Hall–Kier alpha value is -3.64. The van der Waals surface area contributed by atoms with Crippen LogP contribution in [0.25, 0.3) is 10.2 Å². The van der Waals surface area contributed by atoms with Gasteiger partial charge in [0.15, 0.2) is 0 Å². The number of ether oxygens (including phenoxy) is 1. The third-order valence-electron chi connectivity index (χ3n) is 4.26. The van der Waals surface area contributed by atoms with E-state index in [2.05, 4.69) is 25.3 Å². The zero-order valence-electron chi connectivity index (χ0n) is 16.2. The molecule has 0 aliphatic heterocycles. The van der Waals surface area contributed by atoms with Crippen molar-refractivity contribution < 1.29 is 27.1 Å². The topological polar surface area (TPSA) is 102 Å². The molecule has 4 N–H and O–H groups in total. The van der Waals surface area contributed by atoms with Gasteiger partial charge in [-0.1, -0.05) is 11.6 Å². The molecule has 33 heavy (non-hydrogen) atoms. The number of aromatic nitrogens is 2. The number of anilines is 4. The molecule has 2 aromatic heterocycles. The summed E-state index contributed by atoms with van der Waals surface area (Å²) in [6.07, 6.45) is -3.55. The molecule has 0 bridgehead atoms. The van der Waals surface area contributed by atoms with Crippen LogP contribution >= 0.6 is 22.9 Å². The van der Waals surface area contributed by atoms with E-state index in [9.17, 15) is 22.4 Å². The Balaban J connectivity index is 1.58. The van der Waals surface area contributed by atoms with Gasteiger partial charge in [0.1, 0.15) is 33.4 Å². The predicted octanol–water partition coefficient (Wildman–Crippen LogP) is 5.96. The molecule has 0 aliphatic rings. The van der Waals surface area contributed by atoms with Crippen LogP contribution in [0.3, 0.4) is 0 Å². The van der Waals surface area contributed by atoms with Gasteiger partial charge in [-0.3, -0.25) is 4.79 Å². The summed E-state index contributed by atoms with van der Waals surface area (Å²) in [4.78, 5) is 21.6. The van der Waals surface area contributed by atoms with Crippen LogP contribution in [0.1, 0.15) is 9.67 Å². The Labute approximate surface area is 192 Å². The average Bonchev–Trinajstić information content (AvgIpc) is 3.09. The van der Waals surface area contributed by atoms with Crippen molar-refractivity contribution >= 4 is 61.9 Å². The first-order valence-electron chi connectivity index (χ1n) is 9.03. The van der Waals surface area contributed by atoms with E-state index in [1.54, 1.807) is 0 Å². The van der Waals surface area contributed by atoms with E-state index in [0.29, 0.717) is 15.9 Å². The molecule has 0 spiro atoms. The molecule has 0 saturated carbocycles. The highest BCUT2D eigenvalue weighted by molar-refractivity contribution is 7.21. The Bertz CT molecular complexity index is 1350. The summed E-state index contributed by atoms with van der Waals surface area (Å²) in [5.74, 6) is -1.31. The number of nitrogens with zero attached hydrogens (tertiary/aromatic N) is 2. The van der Waals surface area contributed by atoms with Crippen molar-refractivity contribution in [2.24, 2.45) is 0 Å². The maximum Gasteiger partial charge on any atom is 0.573 e. The Morgan fingerprint density at radius 2 is 1.79 bits per heavy atom. The molecule has 0 saturated heterocycles. The van der Waals surface area contributed by atoms with Gasteiger partial charge in [-0.25, -0.2) is 14.4 Å². The van der Waals surface area contributed by atoms with E-state index in [1.165, 1.54) is 36.7 Å². The molecule has 2 heterocycles. The Morgan fingerprint density at radius 3 is 2.45 bits per heavy atom. The molecule has 0 aliphatic carbocycles. The number of hydrogen-bond donors (Lipinski definition) is 3. The minimum absolute atomic E-state index is 0.0877. The van der Waals surface area contributed by atoms with E-state index in [1.807, 2.05) is 0 Å². The fraction of sp³-hybridized carbons (Fsp3) is 0.0500. The molecule has 7 nitrogen and oxygen atoms in total. The van der Waals surface area contributed by atoms with Gasteiger partial charge in [-0.15, -0.1) is 24.5 Å². The summed E-state index contributed by atoms with van der Waals surface area (Å²) >= 11 is 6.81. The van der Waals surface area contributed by atoms with Gasteiger partial charge in [0, 0.05) is 11.4 Å². The average molecular weight is 498 g/mol. The number of benzene rings is 2. The van der Waals surface area contributed by atoms with Crippen molar-refractivity contribution in [3.63, 3.8) is 0 Å². The molecule has 0 fully saturated rings. The number of nitrogens with one attached hydrogen (secondary N) is 2. The smallest absolute Gasteiger partial charge is 0.406 e. The number of fused-ring (bicyclic) bond motifs is 1. The second-order valence-corrected chi connectivity index (χ2v) is 7.93. The molecule has 0 radical (unpaired) electrons.